The van der Waals surface area contributed by atoms with Gasteiger partial charge in [0.1, 0.15) is 6.54 Å². The van der Waals surface area contributed by atoms with Crippen LogP contribution in [0.3, 0.4) is 0 Å². The molecule has 1 aliphatic heterocycles. The van der Waals surface area contributed by atoms with Crippen molar-refractivity contribution in [3.8, 4) is 0 Å². The van der Waals surface area contributed by atoms with Crippen LogP contribution in [-0.4, -0.2) is 28.8 Å². The van der Waals surface area contributed by atoms with Crippen molar-refractivity contribution in [1.82, 2.24) is 4.90 Å². The smallest absolute Gasteiger partial charge is 0.328 e. The SMILES string of the molecule is CCC(O)OC(=O)CN1C=CCC=C1. The molecule has 0 aromatic rings. The van der Waals surface area contributed by atoms with Crippen molar-refractivity contribution in [3.05, 3.63) is 24.6 Å². The third-order valence-electron chi connectivity index (χ3n) is 1.79. The van der Waals surface area contributed by atoms with Crippen LogP contribution < -0.4 is 0 Å². The first kappa shape index (κ1) is 10.8. The number of carbonyl (C=O) groups is 1. The Bertz CT molecular complexity index is 236. The number of ether oxygens (including phenoxy) is 1. The normalized spacial score (nSPS) is 16.9. The molecule has 0 fully saturated rings. The van der Waals surface area contributed by atoms with Gasteiger partial charge in [0.05, 0.1) is 0 Å². The molecule has 4 nitrogen and oxygen atoms in total. The molecule has 1 aliphatic rings. The number of aliphatic hydroxyl groups excluding tert-OH is 1. The number of aliphatic hydroxyl groups is 1. The highest BCUT2D eigenvalue weighted by Crippen LogP contribution is 2.03. The Morgan fingerprint density at radius 2 is 2.21 bits per heavy atom. The predicted molar refractivity (Wildman–Crippen MR) is 52.0 cm³/mol. The summed E-state index contributed by atoms with van der Waals surface area (Å²) in [4.78, 5) is 12.9. The van der Waals surface area contributed by atoms with Crippen LogP contribution in [0.25, 0.3) is 0 Å². The maximum absolute atomic E-state index is 11.2. The van der Waals surface area contributed by atoms with Gasteiger partial charge in [-0.15, -0.1) is 0 Å². The zero-order valence-electron chi connectivity index (χ0n) is 8.22. The molecular formula is C10H15NO3. The lowest BCUT2D eigenvalue weighted by molar-refractivity contribution is -0.168. The summed E-state index contributed by atoms with van der Waals surface area (Å²) in [6.07, 6.45) is 7.85. The minimum Gasteiger partial charge on any atom is -0.435 e. The van der Waals surface area contributed by atoms with E-state index in [1.165, 1.54) is 0 Å². The molecule has 0 aromatic heterocycles. The van der Waals surface area contributed by atoms with Gasteiger partial charge in [-0.2, -0.15) is 0 Å². The molecule has 0 aliphatic carbocycles. The molecular weight excluding hydrogens is 182 g/mol. The van der Waals surface area contributed by atoms with Crippen molar-refractivity contribution in [2.45, 2.75) is 26.1 Å². The number of esters is 1. The maximum Gasteiger partial charge on any atom is 0.328 e. The molecule has 0 spiro atoms. The molecule has 4 heteroatoms. The predicted octanol–water partition coefficient (Wildman–Crippen LogP) is 0.991. The zero-order chi connectivity index (χ0) is 10.4. The highest BCUT2D eigenvalue weighted by atomic mass is 16.6. The largest absolute Gasteiger partial charge is 0.435 e. The second-order valence-electron chi connectivity index (χ2n) is 3.03. The number of nitrogens with zero attached hydrogens (tertiary/aromatic N) is 1. The number of rotatable bonds is 4. The molecule has 14 heavy (non-hydrogen) atoms. The molecule has 0 saturated carbocycles. The Hall–Kier alpha value is -1.29. The summed E-state index contributed by atoms with van der Waals surface area (Å²) in [6.45, 7) is 1.89. The van der Waals surface area contributed by atoms with E-state index in [0.717, 1.165) is 6.42 Å². The fourth-order valence-electron chi connectivity index (χ4n) is 1.05. The monoisotopic (exact) mass is 197 g/mol. The second kappa shape index (κ2) is 5.44. The van der Waals surface area contributed by atoms with Crippen LogP contribution in [0.5, 0.6) is 0 Å². The molecule has 78 valence electrons. The molecule has 0 saturated heterocycles. The lowest BCUT2D eigenvalue weighted by Crippen LogP contribution is -2.26. The Morgan fingerprint density at radius 1 is 1.57 bits per heavy atom. The fourth-order valence-corrected chi connectivity index (χ4v) is 1.05. The van der Waals surface area contributed by atoms with Crippen LogP contribution in [0.4, 0.5) is 0 Å². The van der Waals surface area contributed by atoms with Crippen molar-refractivity contribution < 1.29 is 14.6 Å². The molecule has 1 N–H and O–H groups in total. The van der Waals surface area contributed by atoms with Crippen LogP contribution in [0.15, 0.2) is 24.6 Å². The van der Waals surface area contributed by atoms with E-state index < -0.39 is 12.3 Å². The standard InChI is InChI=1S/C10H15NO3/c1-2-9(12)14-10(13)8-11-6-4-3-5-7-11/h4-7,9,12H,2-3,8H2,1H3. The van der Waals surface area contributed by atoms with Gasteiger partial charge < -0.3 is 14.7 Å². The second-order valence-corrected chi connectivity index (χ2v) is 3.03. The quantitative estimate of drug-likeness (QED) is 0.539. The van der Waals surface area contributed by atoms with Gasteiger partial charge in [0, 0.05) is 18.8 Å². The number of hydrogen-bond acceptors (Lipinski definition) is 4. The van der Waals surface area contributed by atoms with Crippen molar-refractivity contribution in [3.63, 3.8) is 0 Å². The van der Waals surface area contributed by atoms with E-state index in [1.807, 2.05) is 24.6 Å². The summed E-state index contributed by atoms with van der Waals surface area (Å²) in [5.41, 5.74) is 0. The molecule has 1 heterocycles. The first-order valence-electron chi connectivity index (χ1n) is 4.69. The minimum absolute atomic E-state index is 0.143. The number of hydrogen-bond donors (Lipinski definition) is 1. The highest BCUT2D eigenvalue weighted by Gasteiger charge is 2.11. The van der Waals surface area contributed by atoms with Gasteiger partial charge in [-0.1, -0.05) is 19.1 Å². The molecule has 1 unspecified atom stereocenters. The van der Waals surface area contributed by atoms with Crippen LogP contribution >= 0.6 is 0 Å². The molecule has 0 radical (unpaired) electrons. The summed E-state index contributed by atoms with van der Waals surface area (Å²) in [5.74, 6) is -0.421. The molecule has 1 rings (SSSR count). The lowest BCUT2D eigenvalue weighted by Gasteiger charge is -2.17. The van der Waals surface area contributed by atoms with Gasteiger partial charge in [-0.05, 0) is 6.42 Å². The van der Waals surface area contributed by atoms with Gasteiger partial charge in [0.25, 0.3) is 0 Å². The third kappa shape index (κ3) is 3.62. The highest BCUT2D eigenvalue weighted by molar-refractivity contribution is 5.72. The molecule has 0 bridgehead atoms. The van der Waals surface area contributed by atoms with Gasteiger partial charge >= 0.3 is 5.97 Å². The summed E-state index contributed by atoms with van der Waals surface area (Å²) >= 11 is 0. The van der Waals surface area contributed by atoms with E-state index in [0.29, 0.717) is 6.42 Å². The fraction of sp³-hybridized carbons (Fsp3) is 0.500. The summed E-state index contributed by atoms with van der Waals surface area (Å²) in [6, 6.07) is 0. The molecule has 0 amide bonds. The summed E-state index contributed by atoms with van der Waals surface area (Å²) < 4.78 is 4.71. The Morgan fingerprint density at radius 3 is 2.79 bits per heavy atom. The third-order valence-corrected chi connectivity index (χ3v) is 1.79. The summed E-state index contributed by atoms with van der Waals surface area (Å²) in [5, 5.41) is 9.06. The van der Waals surface area contributed by atoms with Crippen molar-refractivity contribution in [2.75, 3.05) is 6.54 Å². The van der Waals surface area contributed by atoms with E-state index in [1.54, 1.807) is 11.8 Å². The Balaban J connectivity index is 2.29. The van der Waals surface area contributed by atoms with E-state index in [-0.39, 0.29) is 6.54 Å². The lowest BCUT2D eigenvalue weighted by atomic mass is 10.3. The first-order valence-corrected chi connectivity index (χ1v) is 4.69. The topological polar surface area (TPSA) is 49.8 Å². The van der Waals surface area contributed by atoms with E-state index in [2.05, 4.69) is 0 Å². The molecule has 0 aromatic carbocycles. The van der Waals surface area contributed by atoms with Crippen LogP contribution in [0.2, 0.25) is 0 Å². The zero-order valence-corrected chi connectivity index (χ0v) is 8.22. The van der Waals surface area contributed by atoms with Gasteiger partial charge in [0.15, 0.2) is 6.29 Å². The van der Waals surface area contributed by atoms with E-state index in [9.17, 15) is 4.79 Å². The Kier molecular flexibility index (Phi) is 4.19. The van der Waals surface area contributed by atoms with Crippen LogP contribution in [-0.2, 0) is 9.53 Å². The maximum atomic E-state index is 11.2. The first-order chi connectivity index (χ1) is 6.72. The molecule has 1 atom stereocenters. The van der Waals surface area contributed by atoms with Crippen molar-refractivity contribution in [2.24, 2.45) is 0 Å². The van der Waals surface area contributed by atoms with Crippen molar-refractivity contribution in [1.29, 1.82) is 0 Å². The minimum atomic E-state index is -0.986. The van der Waals surface area contributed by atoms with Gasteiger partial charge in [0.2, 0.25) is 0 Å². The van der Waals surface area contributed by atoms with Gasteiger partial charge in [-0.3, -0.25) is 4.79 Å². The van der Waals surface area contributed by atoms with Crippen molar-refractivity contribution >= 4 is 5.97 Å². The average molecular weight is 197 g/mol. The average Bonchev–Trinajstić information content (AvgIpc) is 2.19. The summed E-state index contributed by atoms with van der Waals surface area (Å²) in [7, 11) is 0. The van der Waals surface area contributed by atoms with Gasteiger partial charge in [-0.25, -0.2) is 0 Å². The van der Waals surface area contributed by atoms with E-state index >= 15 is 0 Å². The number of allylic oxidation sites excluding steroid dienone is 2. The Labute approximate surface area is 83.5 Å². The van der Waals surface area contributed by atoms with Crippen LogP contribution in [0.1, 0.15) is 19.8 Å². The van der Waals surface area contributed by atoms with Crippen LogP contribution in [0, 0.1) is 0 Å². The number of carbonyl (C=O) groups excluding carboxylic acids is 1. The van der Waals surface area contributed by atoms with E-state index in [4.69, 9.17) is 9.84 Å².